The highest BCUT2D eigenvalue weighted by molar-refractivity contribution is 7.17. The van der Waals surface area contributed by atoms with Crippen LogP contribution >= 0.6 is 11.3 Å². The van der Waals surface area contributed by atoms with Crippen LogP contribution in [0.1, 0.15) is 13.3 Å². The number of hydrogen-bond donors (Lipinski definition) is 1. The lowest BCUT2D eigenvalue weighted by molar-refractivity contribution is 0.585. The zero-order chi connectivity index (χ0) is 11.7. The molecule has 17 heavy (non-hydrogen) atoms. The molecule has 90 valence electrons. The van der Waals surface area contributed by atoms with Crippen LogP contribution in [-0.2, 0) is 0 Å². The Hall–Kier alpha value is -1.06. The topological polar surface area (TPSA) is 15.3 Å². The smallest absolute Gasteiger partial charge is 0.0373 e. The molecule has 2 heterocycles. The van der Waals surface area contributed by atoms with Crippen molar-refractivity contribution in [2.24, 2.45) is 0 Å². The minimum atomic E-state index is 0.579. The molecule has 1 N–H and O–H groups in total. The lowest BCUT2D eigenvalue weighted by Gasteiger charge is -2.24. The fourth-order valence-electron chi connectivity index (χ4n) is 2.49. The van der Waals surface area contributed by atoms with Gasteiger partial charge in [0.1, 0.15) is 0 Å². The van der Waals surface area contributed by atoms with Crippen LogP contribution in [0.15, 0.2) is 29.6 Å². The molecule has 1 saturated heterocycles. The number of nitrogens with zero attached hydrogens (tertiary/aromatic N) is 1. The quantitative estimate of drug-likeness (QED) is 0.832. The molecule has 1 aromatic heterocycles. The molecule has 3 heteroatoms. The summed E-state index contributed by atoms with van der Waals surface area (Å²) in [5, 5.41) is 7.08. The van der Waals surface area contributed by atoms with Crippen molar-refractivity contribution in [3.63, 3.8) is 0 Å². The average molecular weight is 246 g/mol. The highest BCUT2D eigenvalue weighted by Crippen LogP contribution is 2.26. The Balaban J connectivity index is 1.90. The Morgan fingerprint density at radius 1 is 1.35 bits per heavy atom. The number of fused-ring (bicyclic) bond motifs is 1. The van der Waals surface area contributed by atoms with Crippen LogP contribution in [0.25, 0.3) is 10.1 Å². The van der Waals surface area contributed by atoms with E-state index in [0.717, 1.165) is 19.6 Å². The Morgan fingerprint density at radius 3 is 3.24 bits per heavy atom. The van der Waals surface area contributed by atoms with Crippen LogP contribution in [-0.4, -0.2) is 25.7 Å². The second kappa shape index (κ2) is 4.67. The van der Waals surface area contributed by atoms with Crippen LogP contribution in [0, 0.1) is 0 Å². The van der Waals surface area contributed by atoms with E-state index in [1.54, 1.807) is 0 Å². The minimum absolute atomic E-state index is 0.579. The second-order valence-electron chi connectivity index (χ2n) is 4.80. The van der Waals surface area contributed by atoms with Crippen molar-refractivity contribution in [3.8, 4) is 0 Å². The van der Waals surface area contributed by atoms with Gasteiger partial charge < -0.3 is 10.2 Å². The van der Waals surface area contributed by atoms with Gasteiger partial charge in [-0.15, -0.1) is 11.3 Å². The van der Waals surface area contributed by atoms with Crippen molar-refractivity contribution in [1.82, 2.24) is 5.32 Å². The Kier molecular flexibility index (Phi) is 3.04. The van der Waals surface area contributed by atoms with Gasteiger partial charge in [0.25, 0.3) is 0 Å². The first kappa shape index (κ1) is 11.1. The summed E-state index contributed by atoms with van der Waals surface area (Å²) in [4.78, 5) is 2.50. The van der Waals surface area contributed by atoms with Gasteiger partial charge in [-0.2, -0.15) is 0 Å². The summed E-state index contributed by atoms with van der Waals surface area (Å²) in [6.07, 6.45) is 1.23. The van der Waals surface area contributed by atoms with Crippen molar-refractivity contribution in [3.05, 3.63) is 29.6 Å². The van der Waals surface area contributed by atoms with Gasteiger partial charge in [0, 0.05) is 29.5 Å². The molecule has 0 radical (unpaired) electrons. The van der Waals surface area contributed by atoms with Gasteiger partial charge in [-0.05, 0) is 54.9 Å². The number of anilines is 1. The fraction of sp³-hybridized carbons (Fsp3) is 0.429. The Labute approximate surface area is 106 Å². The summed E-state index contributed by atoms with van der Waals surface area (Å²) in [7, 11) is 0. The molecule has 1 aliphatic heterocycles. The normalized spacial score (nSPS) is 21.7. The summed E-state index contributed by atoms with van der Waals surface area (Å²) in [6, 6.07) is 9.62. The predicted octanol–water partition coefficient (Wildman–Crippen LogP) is 3.09. The standard InChI is InChI=1S/C14H18N2S/c1-11-10-16(7-2-6-15-11)13-3-4-14-12(9-13)5-8-17-14/h3-5,8-9,11,15H,2,6-7,10H2,1H3. The first-order chi connectivity index (χ1) is 8.33. The van der Waals surface area contributed by atoms with Crippen LogP contribution in [0.2, 0.25) is 0 Å². The van der Waals surface area contributed by atoms with E-state index in [9.17, 15) is 0 Å². The van der Waals surface area contributed by atoms with E-state index in [1.807, 2.05) is 11.3 Å². The molecule has 0 amide bonds. The first-order valence-electron chi connectivity index (χ1n) is 6.28. The number of nitrogens with one attached hydrogen (secondary N) is 1. The molecule has 0 aliphatic carbocycles. The van der Waals surface area contributed by atoms with E-state index >= 15 is 0 Å². The van der Waals surface area contributed by atoms with Crippen LogP contribution in [0.5, 0.6) is 0 Å². The molecule has 1 unspecified atom stereocenters. The maximum Gasteiger partial charge on any atom is 0.0373 e. The van der Waals surface area contributed by atoms with E-state index in [4.69, 9.17) is 0 Å². The lowest BCUT2D eigenvalue weighted by atomic mass is 10.2. The zero-order valence-electron chi connectivity index (χ0n) is 10.1. The fourth-order valence-corrected chi connectivity index (χ4v) is 3.26. The van der Waals surface area contributed by atoms with Crippen molar-refractivity contribution < 1.29 is 0 Å². The van der Waals surface area contributed by atoms with Gasteiger partial charge in [-0.25, -0.2) is 0 Å². The number of rotatable bonds is 1. The summed E-state index contributed by atoms with van der Waals surface area (Å²) in [6.45, 7) is 5.67. The third-order valence-electron chi connectivity index (χ3n) is 3.39. The third kappa shape index (κ3) is 2.31. The number of thiophene rings is 1. The number of benzene rings is 1. The van der Waals surface area contributed by atoms with E-state index in [2.05, 4.69) is 46.8 Å². The van der Waals surface area contributed by atoms with Crippen LogP contribution < -0.4 is 10.2 Å². The average Bonchev–Trinajstić information content (AvgIpc) is 2.69. The molecule has 0 spiro atoms. The molecule has 0 bridgehead atoms. The molecular weight excluding hydrogens is 228 g/mol. The monoisotopic (exact) mass is 246 g/mol. The molecule has 3 rings (SSSR count). The minimum Gasteiger partial charge on any atom is -0.370 e. The van der Waals surface area contributed by atoms with Gasteiger partial charge in [0.15, 0.2) is 0 Å². The largest absolute Gasteiger partial charge is 0.370 e. The second-order valence-corrected chi connectivity index (χ2v) is 5.75. The Morgan fingerprint density at radius 2 is 2.29 bits per heavy atom. The molecule has 0 saturated carbocycles. The molecule has 1 fully saturated rings. The lowest BCUT2D eigenvalue weighted by Crippen LogP contribution is -2.35. The van der Waals surface area contributed by atoms with Gasteiger partial charge >= 0.3 is 0 Å². The van der Waals surface area contributed by atoms with Crippen molar-refractivity contribution >= 4 is 27.1 Å². The maximum atomic E-state index is 3.54. The maximum absolute atomic E-state index is 3.54. The van der Waals surface area contributed by atoms with Crippen LogP contribution in [0.4, 0.5) is 5.69 Å². The Bertz CT molecular complexity index is 506. The van der Waals surface area contributed by atoms with E-state index < -0.39 is 0 Å². The summed E-state index contributed by atoms with van der Waals surface area (Å²) in [5.41, 5.74) is 1.37. The molecule has 2 aromatic rings. The van der Waals surface area contributed by atoms with E-state index in [1.165, 1.54) is 22.2 Å². The highest BCUT2D eigenvalue weighted by atomic mass is 32.1. The van der Waals surface area contributed by atoms with Crippen molar-refractivity contribution in [2.75, 3.05) is 24.5 Å². The van der Waals surface area contributed by atoms with Gasteiger partial charge in [-0.1, -0.05) is 0 Å². The third-order valence-corrected chi connectivity index (χ3v) is 4.29. The molecule has 1 aromatic carbocycles. The molecular formula is C14H18N2S. The first-order valence-corrected chi connectivity index (χ1v) is 7.16. The van der Waals surface area contributed by atoms with Gasteiger partial charge in [0.05, 0.1) is 0 Å². The molecule has 1 aliphatic rings. The molecule has 2 nitrogen and oxygen atoms in total. The molecule has 1 atom stereocenters. The highest BCUT2D eigenvalue weighted by Gasteiger charge is 2.14. The zero-order valence-corrected chi connectivity index (χ0v) is 11.0. The predicted molar refractivity (Wildman–Crippen MR) is 76.1 cm³/mol. The summed E-state index contributed by atoms with van der Waals surface area (Å²) >= 11 is 1.82. The number of hydrogen-bond acceptors (Lipinski definition) is 3. The van der Waals surface area contributed by atoms with Gasteiger partial charge in [0.2, 0.25) is 0 Å². The van der Waals surface area contributed by atoms with Crippen molar-refractivity contribution in [1.29, 1.82) is 0 Å². The van der Waals surface area contributed by atoms with Crippen molar-refractivity contribution in [2.45, 2.75) is 19.4 Å². The van der Waals surface area contributed by atoms with E-state index in [-0.39, 0.29) is 0 Å². The van der Waals surface area contributed by atoms with E-state index in [0.29, 0.717) is 6.04 Å². The summed E-state index contributed by atoms with van der Waals surface area (Å²) < 4.78 is 1.38. The van der Waals surface area contributed by atoms with Crippen LogP contribution in [0.3, 0.4) is 0 Å². The summed E-state index contributed by atoms with van der Waals surface area (Å²) in [5.74, 6) is 0. The SMILES string of the molecule is CC1CN(c2ccc3sccc3c2)CCCN1. The van der Waals surface area contributed by atoms with Gasteiger partial charge in [-0.3, -0.25) is 0 Å².